The Morgan fingerprint density at radius 1 is 1.47 bits per heavy atom. The number of allylic oxidation sites excluding steroid dienone is 1. The molecule has 1 rings (SSSR count). The minimum absolute atomic E-state index is 0.660. The van der Waals surface area contributed by atoms with Crippen molar-refractivity contribution in [3.05, 3.63) is 35.5 Å². The molecule has 0 atom stereocenters. The highest BCUT2D eigenvalue weighted by Crippen LogP contribution is 2.24. The van der Waals surface area contributed by atoms with Gasteiger partial charge in [-0.05, 0) is 35.7 Å². The normalized spacial score (nSPS) is 10.9. The molecule has 0 fully saturated rings. The van der Waals surface area contributed by atoms with Crippen LogP contribution in [-0.4, -0.2) is 26.1 Å². The molecule has 3 heteroatoms. The average Bonchev–Trinajstić information content (AvgIpc) is 2.34. The molecule has 0 bridgehead atoms. The molecule has 90 valence electrons. The van der Waals surface area contributed by atoms with E-state index in [4.69, 9.17) is 10.00 Å². The third-order valence-corrected chi connectivity index (χ3v) is 2.48. The van der Waals surface area contributed by atoms with Crippen LogP contribution in [0.1, 0.15) is 18.1 Å². The zero-order valence-electron chi connectivity index (χ0n) is 10.8. The van der Waals surface area contributed by atoms with E-state index < -0.39 is 0 Å². The molecule has 3 nitrogen and oxygen atoms in total. The van der Waals surface area contributed by atoms with Crippen LogP contribution in [0.5, 0.6) is 5.75 Å². The van der Waals surface area contributed by atoms with E-state index >= 15 is 0 Å². The number of benzene rings is 1. The summed E-state index contributed by atoms with van der Waals surface area (Å²) in [5.41, 5.74) is 2.70. The first-order valence-electron chi connectivity index (χ1n) is 5.58. The Balaban J connectivity index is 3.20. The van der Waals surface area contributed by atoms with Crippen LogP contribution in [0, 0.1) is 11.3 Å². The van der Waals surface area contributed by atoms with E-state index in [2.05, 4.69) is 13.0 Å². The Hall–Kier alpha value is -1.95. The van der Waals surface area contributed by atoms with Gasteiger partial charge in [0.2, 0.25) is 0 Å². The number of methoxy groups -OCH3 is 1. The second-order valence-corrected chi connectivity index (χ2v) is 4.00. The van der Waals surface area contributed by atoms with Crippen LogP contribution in [0.15, 0.2) is 24.4 Å². The van der Waals surface area contributed by atoms with Crippen molar-refractivity contribution in [1.82, 2.24) is 4.90 Å². The fourth-order valence-electron chi connectivity index (χ4n) is 1.65. The zero-order valence-corrected chi connectivity index (χ0v) is 10.8. The lowest BCUT2D eigenvalue weighted by Gasteiger charge is -2.10. The predicted octanol–water partition coefficient (Wildman–Crippen LogP) is 2.68. The number of nitriles is 1. The van der Waals surface area contributed by atoms with Gasteiger partial charge in [0.15, 0.2) is 0 Å². The van der Waals surface area contributed by atoms with Gasteiger partial charge >= 0.3 is 0 Å². The largest absolute Gasteiger partial charge is 0.496 e. The van der Waals surface area contributed by atoms with Crippen LogP contribution >= 0.6 is 0 Å². The van der Waals surface area contributed by atoms with Crippen LogP contribution in [0.2, 0.25) is 0 Å². The highest BCUT2D eigenvalue weighted by Gasteiger charge is 2.06. The third kappa shape index (κ3) is 3.25. The molecule has 0 aromatic heterocycles. The molecule has 0 N–H and O–H groups in total. The van der Waals surface area contributed by atoms with Crippen molar-refractivity contribution in [1.29, 1.82) is 5.26 Å². The Bertz CT molecular complexity index is 456. The number of nitrogens with zero attached hydrogens (tertiary/aromatic N) is 2. The average molecular weight is 230 g/mol. The minimum atomic E-state index is 0.660. The molecule has 0 radical (unpaired) electrons. The molecule has 1 aromatic carbocycles. The topological polar surface area (TPSA) is 36.3 Å². The van der Waals surface area contributed by atoms with Crippen molar-refractivity contribution in [3.63, 3.8) is 0 Å². The minimum Gasteiger partial charge on any atom is -0.496 e. The Labute approximate surface area is 103 Å². The Morgan fingerprint density at radius 3 is 2.65 bits per heavy atom. The van der Waals surface area contributed by atoms with Gasteiger partial charge in [-0.3, -0.25) is 0 Å². The Morgan fingerprint density at radius 2 is 2.18 bits per heavy atom. The number of hydrogen-bond donors (Lipinski definition) is 0. The maximum Gasteiger partial charge on any atom is 0.122 e. The molecular weight excluding hydrogens is 212 g/mol. The summed E-state index contributed by atoms with van der Waals surface area (Å²) in [5, 5.41) is 9.14. The number of hydrogen-bond acceptors (Lipinski definition) is 3. The van der Waals surface area contributed by atoms with Crippen molar-refractivity contribution in [2.24, 2.45) is 0 Å². The van der Waals surface area contributed by atoms with Gasteiger partial charge in [0.05, 0.1) is 12.7 Å². The highest BCUT2D eigenvalue weighted by atomic mass is 16.5. The molecule has 0 spiro atoms. The van der Waals surface area contributed by atoms with Gasteiger partial charge in [-0.15, -0.1) is 0 Å². The van der Waals surface area contributed by atoms with Crippen LogP contribution in [0.25, 0.3) is 5.57 Å². The van der Waals surface area contributed by atoms with Gasteiger partial charge in [-0.2, -0.15) is 5.26 Å². The maximum atomic E-state index is 9.14. The van der Waals surface area contributed by atoms with Gasteiger partial charge in [-0.1, -0.05) is 6.92 Å². The summed E-state index contributed by atoms with van der Waals surface area (Å²) in [6.07, 6.45) is 2.71. The molecule has 0 aliphatic heterocycles. The molecule has 0 saturated carbocycles. The van der Waals surface area contributed by atoms with Crippen molar-refractivity contribution in [2.45, 2.75) is 13.3 Å². The van der Waals surface area contributed by atoms with Crippen molar-refractivity contribution in [2.75, 3.05) is 21.2 Å². The number of ether oxygens (including phenoxy) is 1. The van der Waals surface area contributed by atoms with E-state index in [0.717, 1.165) is 23.3 Å². The number of aryl methyl sites for hydroxylation is 1. The predicted molar refractivity (Wildman–Crippen MR) is 69.6 cm³/mol. The van der Waals surface area contributed by atoms with Crippen molar-refractivity contribution < 1.29 is 4.74 Å². The summed E-state index contributed by atoms with van der Waals surface area (Å²) in [5.74, 6) is 0.874. The molecule has 0 aliphatic rings. The summed E-state index contributed by atoms with van der Waals surface area (Å²) >= 11 is 0. The van der Waals surface area contributed by atoms with E-state index in [-0.39, 0.29) is 0 Å². The van der Waals surface area contributed by atoms with Gasteiger partial charge in [-0.25, -0.2) is 0 Å². The van der Waals surface area contributed by atoms with Crippen LogP contribution in [0.4, 0.5) is 0 Å². The van der Waals surface area contributed by atoms with Gasteiger partial charge in [0.1, 0.15) is 11.8 Å². The summed E-state index contributed by atoms with van der Waals surface area (Å²) < 4.78 is 5.27. The van der Waals surface area contributed by atoms with E-state index in [1.165, 1.54) is 0 Å². The lowest BCUT2D eigenvalue weighted by atomic mass is 10.0. The second-order valence-electron chi connectivity index (χ2n) is 4.00. The van der Waals surface area contributed by atoms with E-state index in [0.29, 0.717) is 5.57 Å². The van der Waals surface area contributed by atoms with Gasteiger partial charge in [0, 0.05) is 20.3 Å². The fraction of sp³-hybridized carbons (Fsp3) is 0.357. The van der Waals surface area contributed by atoms with Gasteiger partial charge in [0.25, 0.3) is 0 Å². The molecule has 0 aliphatic carbocycles. The first kappa shape index (κ1) is 13.1. The van der Waals surface area contributed by atoms with E-state index in [9.17, 15) is 0 Å². The molecular formula is C14H18N2O. The van der Waals surface area contributed by atoms with Crippen LogP contribution in [-0.2, 0) is 6.42 Å². The lowest BCUT2D eigenvalue weighted by Crippen LogP contribution is -2.02. The zero-order chi connectivity index (χ0) is 12.8. The molecule has 0 saturated heterocycles. The monoisotopic (exact) mass is 230 g/mol. The summed E-state index contributed by atoms with van der Waals surface area (Å²) in [6.45, 7) is 2.07. The second kappa shape index (κ2) is 5.95. The maximum absolute atomic E-state index is 9.14. The fourth-order valence-corrected chi connectivity index (χ4v) is 1.65. The third-order valence-electron chi connectivity index (χ3n) is 2.48. The molecule has 0 heterocycles. The first-order chi connectivity index (χ1) is 8.12. The van der Waals surface area contributed by atoms with Crippen LogP contribution in [0.3, 0.4) is 0 Å². The van der Waals surface area contributed by atoms with Gasteiger partial charge < -0.3 is 9.64 Å². The standard InChI is InChI=1S/C14H18N2O/c1-5-11-8-12(6-7-14(11)17-4)13(9-15)10-16(2)3/h6-8,10H,5H2,1-4H3/b13-10+. The highest BCUT2D eigenvalue weighted by molar-refractivity contribution is 5.77. The quantitative estimate of drug-likeness (QED) is 0.746. The van der Waals surface area contributed by atoms with Crippen LogP contribution < -0.4 is 4.74 Å². The smallest absolute Gasteiger partial charge is 0.122 e. The van der Waals surface area contributed by atoms with E-state index in [1.807, 2.05) is 43.4 Å². The SMILES string of the molecule is CCc1cc(/C(C#N)=C/N(C)C)ccc1OC. The summed E-state index contributed by atoms with van der Waals surface area (Å²) in [4.78, 5) is 1.87. The Kier molecular flexibility index (Phi) is 4.59. The first-order valence-corrected chi connectivity index (χ1v) is 5.58. The van der Waals surface area contributed by atoms with E-state index in [1.54, 1.807) is 7.11 Å². The molecule has 17 heavy (non-hydrogen) atoms. The number of rotatable bonds is 4. The molecule has 0 unspecified atom stereocenters. The summed E-state index contributed by atoms with van der Waals surface area (Å²) in [6, 6.07) is 8.05. The lowest BCUT2D eigenvalue weighted by molar-refractivity contribution is 0.410. The molecule has 0 amide bonds. The summed E-state index contributed by atoms with van der Waals surface area (Å²) in [7, 11) is 5.47. The van der Waals surface area contributed by atoms with Crippen molar-refractivity contribution >= 4 is 5.57 Å². The molecule has 1 aromatic rings. The van der Waals surface area contributed by atoms with Crippen molar-refractivity contribution in [3.8, 4) is 11.8 Å².